The van der Waals surface area contributed by atoms with Crippen LogP contribution in [0.15, 0.2) is 43.0 Å². The van der Waals surface area contributed by atoms with Gasteiger partial charge in [-0.25, -0.2) is 0 Å². The molecule has 0 bridgehead atoms. The first-order valence-corrected chi connectivity index (χ1v) is 9.47. The molecule has 0 N–H and O–H groups in total. The van der Waals surface area contributed by atoms with E-state index in [0.29, 0.717) is 6.61 Å². The molecule has 0 radical (unpaired) electrons. The van der Waals surface area contributed by atoms with Crippen LogP contribution in [0.1, 0.15) is 51.5 Å². The number of rotatable bonds is 9. The molecular weight excluding hydrogens is 328 g/mol. The van der Waals surface area contributed by atoms with Crippen molar-refractivity contribution in [2.75, 3.05) is 7.11 Å². The zero-order valence-electron chi connectivity index (χ0n) is 16.3. The third-order valence-corrected chi connectivity index (χ3v) is 5.15. The molecule has 1 aliphatic rings. The molecule has 2 rings (SSSR count). The lowest BCUT2D eigenvalue weighted by Gasteiger charge is -2.39. The minimum Gasteiger partial charge on any atom is -0.469 e. The molecule has 1 aromatic rings. The standard InChI is InChI=1S/C22H32O4/c1-5-10-18(25-16-17-11-7-6-8-12-17)15-19-13-9-14-20(26-19)22(2,3)21(23)24-4/h5-8,11-12,18-20H,1,9-10,13-16H2,2-4H3/t18-,19+,20-/m1/s1. The average molecular weight is 360 g/mol. The van der Waals surface area contributed by atoms with Gasteiger partial charge in [0.15, 0.2) is 0 Å². The molecule has 0 spiro atoms. The minimum atomic E-state index is -0.633. The monoisotopic (exact) mass is 360 g/mol. The maximum absolute atomic E-state index is 12.1. The highest BCUT2D eigenvalue weighted by atomic mass is 16.5. The molecule has 0 amide bonds. The fourth-order valence-corrected chi connectivity index (χ4v) is 3.50. The maximum atomic E-state index is 12.1. The van der Waals surface area contributed by atoms with Crippen molar-refractivity contribution in [1.29, 1.82) is 0 Å². The molecule has 1 aromatic carbocycles. The molecule has 3 atom stereocenters. The van der Waals surface area contributed by atoms with Crippen LogP contribution in [0.4, 0.5) is 0 Å². The normalized spacial score (nSPS) is 21.8. The van der Waals surface area contributed by atoms with Crippen molar-refractivity contribution in [3.05, 3.63) is 48.6 Å². The van der Waals surface area contributed by atoms with Gasteiger partial charge in [-0.1, -0.05) is 36.4 Å². The third-order valence-electron chi connectivity index (χ3n) is 5.15. The first-order valence-electron chi connectivity index (χ1n) is 9.47. The van der Waals surface area contributed by atoms with E-state index in [1.54, 1.807) is 0 Å². The van der Waals surface area contributed by atoms with Gasteiger partial charge in [0.1, 0.15) is 0 Å². The Balaban J connectivity index is 1.92. The summed E-state index contributed by atoms with van der Waals surface area (Å²) in [5.74, 6) is -0.217. The number of hydrogen-bond acceptors (Lipinski definition) is 4. The molecule has 0 saturated carbocycles. The van der Waals surface area contributed by atoms with E-state index in [0.717, 1.165) is 37.7 Å². The van der Waals surface area contributed by atoms with Crippen molar-refractivity contribution in [3.63, 3.8) is 0 Å². The van der Waals surface area contributed by atoms with Crippen LogP contribution >= 0.6 is 0 Å². The van der Waals surface area contributed by atoms with E-state index in [1.807, 2.05) is 38.1 Å². The van der Waals surface area contributed by atoms with Gasteiger partial charge >= 0.3 is 5.97 Å². The van der Waals surface area contributed by atoms with Crippen LogP contribution in [-0.4, -0.2) is 31.4 Å². The Morgan fingerprint density at radius 3 is 2.73 bits per heavy atom. The van der Waals surface area contributed by atoms with Crippen molar-refractivity contribution >= 4 is 5.97 Å². The second-order valence-electron chi connectivity index (χ2n) is 7.57. The number of carbonyl (C=O) groups excluding carboxylic acids is 1. The zero-order chi connectivity index (χ0) is 19.0. The fraction of sp³-hybridized carbons (Fsp3) is 0.591. The van der Waals surface area contributed by atoms with Crippen molar-refractivity contribution in [2.45, 2.75) is 70.9 Å². The van der Waals surface area contributed by atoms with Crippen LogP contribution in [0.2, 0.25) is 0 Å². The minimum absolute atomic E-state index is 0.0673. The van der Waals surface area contributed by atoms with E-state index >= 15 is 0 Å². The fourth-order valence-electron chi connectivity index (χ4n) is 3.50. The molecule has 1 aliphatic heterocycles. The van der Waals surface area contributed by atoms with E-state index in [2.05, 4.69) is 18.7 Å². The van der Waals surface area contributed by atoms with Gasteiger partial charge in [-0.15, -0.1) is 6.58 Å². The number of benzene rings is 1. The third kappa shape index (κ3) is 5.68. The number of hydrogen-bond donors (Lipinski definition) is 0. The Labute approximate surface area is 157 Å². The maximum Gasteiger partial charge on any atom is 0.313 e. The summed E-state index contributed by atoms with van der Waals surface area (Å²) in [4.78, 5) is 12.1. The molecule has 1 fully saturated rings. The van der Waals surface area contributed by atoms with Gasteiger partial charge in [-0.2, -0.15) is 0 Å². The van der Waals surface area contributed by atoms with Gasteiger partial charge in [0.2, 0.25) is 0 Å². The molecule has 26 heavy (non-hydrogen) atoms. The predicted octanol–water partition coefficient (Wildman–Crippen LogP) is 4.67. The van der Waals surface area contributed by atoms with Crippen molar-refractivity contribution in [3.8, 4) is 0 Å². The van der Waals surface area contributed by atoms with Crippen LogP contribution in [0.5, 0.6) is 0 Å². The summed E-state index contributed by atoms with van der Waals surface area (Å²) >= 11 is 0. The van der Waals surface area contributed by atoms with Crippen LogP contribution in [0.25, 0.3) is 0 Å². The molecule has 0 aliphatic carbocycles. The molecule has 0 unspecified atom stereocenters. The Kier molecular flexibility index (Phi) is 7.85. The summed E-state index contributed by atoms with van der Waals surface area (Å²) in [5.41, 5.74) is 0.530. The highest BCUT2D eigenvalue weighted by molar-refractivity contribution is 5.76. The number of carbonyl (C=O) groups is 1. The van der Waals surface area contributed by atoms with Crippen LogP contribution in [-0.2, 0) is 25.6 Å². The molecule has 144 valence electrons. The second kappa shape index (κ2) is 9.89. The summed E-state index contributed by atoms with van der Waals surface area (Å²) in [6, 6.07) is 10.2. The zero-order valence-corrected chi connectivity index (χ0v) is 16.3. The Morgan fingerprint density at radius 2 is 2.08 bits per heavy atom. The van der Waals surface area contributed by atoms with Gasteiger partial charge in [0, 0.05) is 6.42 Å². The SMILES string of the molecule is C=CC[C@H](C[C@@H]1CCC[C@H](C(C)(C)C(=O)OC)O1)OCc1ccccc1. The van der Waals surface area contributed by atoms with Crippen molar-refractivity contribution < 1.29 is 19.0 Å². The molecule has 4 nitrogen and oxygen atoms in total. The van der Waals surface area contributed by atoms with Gasteiger partial charge in [0.05, 0.1) is 37.4 Å². The summed E-state index contributed by atoms with van der Waals surface area (Å²) in [7, 11) is 1.43. The Bertz CT molecular complexity index is 567. The van der Waals surface area contributed by atoms with Gasteiger partial charge in [0.25, 0.3) is 0 Å². The molecular formula is C22H32O4. The lowest BCUT2D eigenvalue weighted by atomic mass is 9.81. The van der Waals surface area contributed by atoms with Gasteiger partial charge in [-0.05, 0) is 45.1 Å². The van der Waals surface area contributed by atoms with Crippen molar-refractivity contribution in [1.82, 2.24) is 0 Å². The first-order chi connectivity index (χ1) is 12.5. The quantitative estimate of drug-likeness (QED) is 0.474. The first kappa shape index (κ1) is 20.7. The Morgan fingerprint density at radius 1 is 1.35 bits per heavy atom. The highest BCUT2D eigenvalue weighted by Crippen LogP contribution is 2.35. The predicted molar refractivity (Wildman–Crippen MR) is 103 cm³/mol. The molecule has 1 saturated heterocycles. The van der Waals surface area contributed by atoms with Crippen LogP contribution < -0.4 is 0 Å². The topological polar surface area (TPSA) is 44.8 Å². The van der Waals surface area contributed by atoms with E-state index in [4.69, 9.17) is 14.2 Å². The average Bonchev–Trinajstić information content (AvgIpc) is 2.66. The molecule has 4 heteroatoms. The summed E-state index contributed by atoms with van der Waals surface area (Å²) in [6.07, 6.45) is 6.47. The van der Waals surface area contributed by atoms with Crippen LogP contribution in [0, 0.1) is 5.41 Å². The van der Waals surface area contributed by atoms with Crippen LogP contribution in [0.3, 0.4) is 0 Å². The number of esters is 1. The molecule has 0 aromatic heterocycles. The second-order valence-corrected chi connectivity index (χ2v) is 7.57. The largest absolute Gasteiger partial charge is 0.469 e. The lowest BCUT2D eigenvalue weighted by molar-refractivity contribution is -0.171. The number of ether oxygens (including phenoxy) is 3. The van der Waals surface area contributed by atoms with E-state index < -0.39 is 5.41 Å². The van der Waals surface area contributed by atoms with Crippen molar-refractivity contribution in [2.24, 2.45) is 5.41 Å². The molecule has 1 heterocycles. The van der Waals surface area contributed by atoms with Gasteiger partial charge in [-0.3, -0.25) is 4.79 Å². The summed E-state index contributed by atoms with van der Waals surface area (Å²) in [6.45, 7) is 8.25. The Hall–Kier alpha value is -1.65. The summed E-state index contributed by atoms with van der Waals surface area (Å²) < 4.78 is 17.4. The lowest BCUT2D eigenvalue weighted by Crippen LogP contribution is -2.44. The van der Waals surface area contributed by atoms with E-state index in [9.17, 15) is 4.79 Å². The highest BCUT2D eigenvalue weighted by Gasteiger charge is 2.41. The summed E-state index contributed by atoms with van der Waals surface area (Å²) in [5, 5.41) is 0. The van der Waals surface area contributed by atoms with Gasteiger partial charge < -0.3 is 14.2 Å². The number of methoxy groups -OCH3 is 1. The van der Waals surface area contributed by atoms with E-state index in [-0.39, 0.29) is 24.3 Å². The van der Waals surface area contributed by atoms with E-state index in [1.165, 1.54) is 7.11 Å². The smallest absolute Gasteiger partial charge is 0.313 e.